The van der Waals surface area contributed by atoms with Gasteiger partial charge in [0.05, 0.1) is 15.5 Å². The largest absolute Gasteiger partial charge is 0.243 e. The van der Waals surface area contributed by atoms with Crippen molar-refractivity contribution < 1.29 is 16.8 Å². The lowest BCUT2D eigenvalue weighted by Gasteiger charge is -2.19. The number of hydrogen-bond donors (Lipinski definition) is 1. The van der Waals surface area contributed by atoms with Crippen LogP contribution in [-0.2, 0) is 20.0 Å². The van der Waals surface area contributed by atoms with Crippen LogP contribution in [0.25, 0.3) is 21.8 Å². The molecule has 0 bridgehead atoms. The third kappa shape index (κ3) is 4.88. The Balaban J connectivity index is 1.54. The number of primary sulfonamides is 1. The average Bonchev–Trinajstić information content (AvgIpc) is 3.08. The van der Waals surface area contributed by atoms with Crippen molar-refractivity contribution in [2.75, 3.05) is 13.1 Å². The summed E-state index contributed by atoms with van der Waals surface area (Å²) >= 11 is 1.43. The maximum Gasteiger partial charge on any atom is 0.243 e. The van der Waals surface area contributed by atoms with Crippen molar-refractivity contribution in [3.8, 4) is 21.8 Å². The molecule has 0 saturated carbocycles. The molecule has 1 saturated heterocycles. The molecule has 4 rings (SSSR count). The molecule has 1 aromatic heterocycles. The van der Waals surface area contributed by atoms with E-state index >= 15 is 0 Å². The summed E-state index contributed by atoms with van der Waals surface area (Å²) in [6.07, 6.45) is 3.94. The third-order valence-electron chi connectivity index (χ3n) is 5.29. The molecule has 0 aliphatic carbocycles. The van der Waals surface area contributed by atoms with Gasteiger partial charge in [-0.05, 0) is 37.1 Å². The van der Waals surface area contributed by atoms with E-state index in [1.807, 2.05) is 5.38 Å². The first-order valence-corrected chi connectivity index (χ1v) is 13.8. The topological polar surface area (TPSA) is 110 Å². The molecule has 31 heavy (non-hydrogen) atoms. The summed E-state index contributed by atoms with van der Waals surface area (Å²) in [5.41, 5.74) is 2.33. The zero-order valence-corrected chi connectivity index (χ0v) is 19.2. The van der Waals surface area contributed by atoms with Crippen LogP contribution < -0.4 is 5.14 Å². The minimum Gasteiger partial charge on any atom is -0.236 e. The number of sulfonamides is 2. The smallest absolute Gasteiger partial charge is 0.236 e. The lowest BCUT2D eigenvalue weighted by atomic mass is 10.2. The molecule has 1 aliphatic rings. The zero-order valence-electron chi connectivity index (χ0n) is 16.8. The summed E-state index contributed by atoms with van der Waals surface area (Å²) in [5.74, 6) is 0. The minimum absolute atomic E-state index is 0.0502. The molecule has 2 aromatic carbocycles. The molecular formula is C21H23N3O4S3. The summed E-state index contributed by atoms with van der Waals surface area (Å²) in [5, 5.41) is 7.76. The Labute approximate surface area is 186 Å². The van der Waals surface area contributed by atoms with Gasteiger partial charge in [0.25, 0.3) is 0 Å². The number of thiazole rings is 1. The minimum atomic E-state index is -3.74. The number of hydrogen-bond acceptors (Lipinski definition) is 6. The van der Waals surface area contributed by atoms with Crippen LogP contribution in [0.4, 0.5) is 0 Å². The highest BCUT2D eigenvalue weighted by atomic mass is 32.2. The van der Waals surface area contributed by atoms with Gasteiger partial charge in [-0.1, -0.05) is 37.1 Å². The predicted molar refractivity (Wildman–Crippen MR) is 122 cm³/mol. The van der Waals surface area contributed by atoms with Crippen LogP contribution in [0.1, 0.15) is 25.7 Å². The molecule has 0 amide bonds. The van der Waals surface area contributed by atoms with Crippen molar-refractivity contribution in [1.82, 2.24) is 9.29 Å². The molecule has 0 unspecified atom stereocenters. The molecule has 164 valence electrons. The maximum absolute atomic E-state index is 12.9. The van der Waals surface area contributed by atoms with Gasteiger partial charge in [-0.15, -0.1) is 11.3 Å². The second-order valence-electron chi connectivity index (χ2n) is 7.45. The number of rotatable bonds is 5. The van der Waals surface area contributed by atoms with Gasteiger partial charge in [0, 0.05) is 29.6 Å². The van der Waals surface area contributed by atoms with Gasteiger partial charge < -0.3 is 0 Å². The molecule has 2 N–H and O–H groups in total. The van der Waals surface area contributed by atoms with E-state index in [9.17, 15) is 16.8 Å². The van der Waals surface area contributed by atoms with Crippen LogP contribution in [0.5, 0.6) is 0 Å². The van der Waals surface area contributed by atoms with E-state index in [0.717, 1.165) is 47.5 Å². The van der Waals surface area contributed by atoms with Gasteiger partial charge in [-0.2, -0.15) is 4.31 Å². The van der Waals surface area contributed by atoms with E-state index in [0.29, 0.717) is 18.0 Å². The first-order chi connectivity index (χ1) is 14.7. The van der Waals surface area contributed by atoms with Crippen LogP contribution >= 0.6 is 11.3 Å². The Morgan fingerprint density at radius 1 is 0.774 bits per heavy atom. The zero-order chi connectivity index (χ0) is 22.1. The van der Waals surface area contributed by atoms with Crippen molar-refractivity contribution in [2.45, 2.75) is 35.5 Å². The molecule has 2 heterocycles. The maximum atomic E-state index is 12.9. The van der Waals surface area contributed by atoms with Crippen molar-refractivity contribution >= 4 is 31.4 Å². The fourth-order valence-corrected chi connectivity index (χ4v) is 6.42. The number of nitrogens with two attached hydrogens (primary N) is 1. The quantitative estimate of drug-likeness (QED) is 0.603. The summed E-state index contributed by atoms with van der Waals surface area (Å²) in [4.78, 5) is 4.96. The highest BCUT2D eigenvalue weighted by Gasteiger charge is 2.25. The van der Waals surface area contributed by atoms with E-state index in [4.69, 9.17) is 5.14 Å². The molecule has 0 spiro atoms. The van der Waals surface area contributed by atoms with Gasteiger partial charge in [0.2, 0.25) is 20.0 Å². The predicted octanol–water partition coefficient (Wildman–Crippen LogP) is 3.69. The number of nitrogens with zero attached hydrogens (tertiary/aromatic N) is 2. The van der Waals surface area contributed by atoms with Gasteiger partial charge in [-0.3, -0.25) is 0 Å². The molecule has 1 aliphatic heterocycles. The normalized spacial score (nSPS) is 16.2. The highest BCUT2D eigenvalue weighted by molar-refractivity contribution is 7.89. The van der Waals surface area contributed by atoms with Crippen molar-refractivity contribution in [3.05, 3.63) is 53.9 Å². The third-order valence-corrected chi connectivity index (χ3v) is 9.02. The van der Waals surface area contributed by atoms with Gasteiger partial charge in [-0.25, -0.2) is 27.0 Å². The van der Waals surface area contributed by atoms with Crippen LogP contribution in [0, 0.1) is 0 Å². The molecule has 3 aromatic rings. The summed E-state index contributed by atoms with van der Waals surface area (Å²) in [7, 11) is -7.22. The fraction of sp³-hybridized carbons (Fsp3) is 0.286. The van der Waals surface area contributed by atoms with Crippen LogP contribution in [-0.4, -0.2) is 39.2 Å². The van der Waals surface area contributed by atoms with Crippen molar-refractivity contribution in [3.63, 3.8) is 0 Å². The first kappa shape index (κ1) is 22.1. The van der Waals surface area contributed by atoms with Crippen LogP contribution in [0.3, 0.4) is 0 Å². The van der Waals surface area contributed by atoms with Gasteiger partial charge in [0.1, 0.15) is 5.01 Å². The number of benzene rings is 2. The second kappa shape index (κ2) is 8.79. The molecule has 7 nitrogen and oxygen atoms in total. The van der Waals surface area contributed by atoms with Crippen molar-refractivity contribution in [2.24, 2.45) is 5.14 Å². The molecular weight excluding hydrogens is 454 g/mol. The first-order valence-electron chi connectivity index (χ1n) is 9.94. The Hall–Kier alpha value is -2.11. The second-order valence-corrected chi connectivity index (χ2v) is 11.8. The van der Waals surface area contributed by atoms with E-state index in [-0.39, 0.29) is 4.90 Å². The van der Waals surface area contributed by atoms with Crippen LogP contribution in [0.15, 0.2) is 63.7 Å². The molecule has 10 heteroatoms. The van der Waals surface area contributed by atoms with E-state index in [2.05, 4.69) is 4.98 Å². The Morgan fingerprint density at radius 2 is 1.32 bits per heavy atom. The fourth-order valence-electron chi connectivity index (χ4n) is 3.55. The Bertz CT molecular complexity index is 1260. The highest BCUT2D eigenvalue weighted by Crippen LogP contribution is 2.30. The Kier molecular flexibility index (Phi) is 6.27. The molecule has 0 atom stereocenters. The number of aromatic nitrogens is 1. The average molecular weight is 478 g/mol. The van der Waals surface area contributed by atoms with E-state index < -0.39 is 20.0 Å². The lowest BCUT2D eigenvalue weighted by Crippen LogP contribution is -2.31. The van der Waals surface area contributed by atoms with Crippen molar-refractivity contribution in [1.29, 1.82) is 0 Å². The molecule has 0 radical (unpaired) electrons. The summed E-state index contributed by atoms with van der Waals surface area (Å²) in [6.45, 7) is 1.15. The summed E-state index contributed by atoms with van der Waals surface area (Å²) < 4.78 is 50.3. The SMILES string of the molecule is NS(=O)(=O)c1ccc(-c2nc(-c3ccc(S(=O)(=O)N4CCCCCC4)cc3)cs2)cc1. The Morgan fingerprint density at radius 3 is 1.90 bits per heavy atom. The van der Waals surface area contributed by atoms with Gasteiger partial charge in [0.15, 0.2) is 0 Å². The molecule has 1 fully saturated rings. The summed E-state index contributed by atoms with van der Waals surface area (Å²) in [6, 6.07) is 13.0. The van der Waals surface area contributed by atoms with Crippen LogP contribution in [0.2, 0.25) is 0 Å². The van der Waals surface area contributed by atoms with Gasteiger partial charge >= 0.3 is 0 Å². The van der Waals surface area contributed by atoms with E-state index in [1.165, 1.54) is 23.5 Å². The standard InChI is InChI=1S/C21H23N3O4S3/c22-30(25,26)18-9-7-17(8-10-18)21-23-20(15-29-21)16-5-11-19(12-6-16)31(27,28)24-13-3-1-2-4-14-24/h5-12,15H,1-4,13-14H2,(H2,22,25,26). The van der Waals surface area contributed by atoms with E-state index in [1.54, 1.807) is 40.7 Å². The lowest BCUT2D eigenvalue weighted by molar-refractivity contribution is 0.424. The monoisotopic (exact) mass is 477 g/mol.